The van der Waals surface area contributed by atoms with Gasteiger partial charge in [-0.15, -0.1) is 0 Å². The maximum Gasteiger partial charge on any atom is 0.263 e. The van der Waals surface area contributed by atoms with Crippen molar-refractivity contribution in [2.24, 2.45) is 0 Å². The molecule has 0 saturated carbocycles. The highest BCUT2D eigenvalue weighted by Gasteiger charge is 2.20. The Morgan fingerprint density at radius 1 is 1.22 bits per heavy atom. The first-order chi connectivity index (χ1) is 13.0. The van der Waals surface area contributed by atoms with Crippen molar-refractivity contribution in [3.63, 3.8) is 0 Å². The van der Waals surface area contributed by atoms with Crippen LogP contribution in [0, 0.1) is 5.82 Å². The van der Waals surface area contributed by atoms with Crippen molar-refractivity contribution < 1.29 is 18.7 Å². The summed E-state index contributed by atoms with van der Waals surface area (Å²) < 4.78 is 25.3. The third-order valence-corrected chi connectivity index (χ3v) is 3.82. The van der Waals surface area contributed by atoms with Crippen LogP contribution in [-0.4, -0.2) is 49.6 Å². The van der Waals surface area contributed by atoms with Crippen LogP contribution in [0.25, 0.3) is 0 Å². The number of amides is 1. The van der Waals surface area contributed by atoms with Gasteiger partial charge in [-0.25, -0.2) is 4.39 Å². The highest BCUT2D eigenvalue weighted by atomic mass is 19.1. The van der Waals surface area contributed by atoms with Crippen molar-refractivity contribution in [1.82, 2.24) is 9.88 Å². The van der Waals surface area contributed by atoms with E-state index >= 15 is 0 Å². The number of nitrogens with one attached hydrogen (secondary N) is 1. The molecule has 0 saturated heterocycles. The first kappa shape index (κ1) is 20.6. The van der Waals surface area contributed by atoms with Gasteiger partial charge in [0, 0.05) is 12.6 Å². The molecule has 0 fully saturated rings. The summed E-state index contributed by atoms with van der Waals surface area (Å²) >= 11 is 0. The zero-order valence-electron chi connectivity index (χ0n) is 16.2. The van der Waals surface area contributed by atoms with Crippen molar-refractivity contribution >= 4 is 11.6 Å². The SMILES string of the molecule is CCOc1cccc(OCCN(C)C)c1C(=O)Nc1cnc(CC)c(F)c1. The molecule has 1 heterocycles. The van der Waals surface area contributed by atoms with Crippen LogP contribution in [0.3, 0.4) is 0 Å². The van der Waals surface area contributed by atoms with E-state index in [0.717, 1.165) is 0 Å². The maximum absolute atomic E-state index is 14.0. The Balaban J connectivity index is 2.27. The fourth-order valence-corrected chi connectivity index (χ4v) is 2.46. The summed E-state index contributed by atoms with van der Waals surface area (Å²) in [5.74, 6) is -0.0601. The molecule has 1 N–H and O–H groups in total. The topological polar surface area (TPSA) is 63.7 Å². The largest absolute Gasteiger partial charge is 0.493 e. The van der Waals surface area contributed by atoms with Gasteiger partial charge >= 0.3 is 0 Å². The first-order valence-electron chi connectivity index (χ1n) is 8.95. The molecule has 0 radical (unpaired) electrons. The van der Waals surface area contributed by atoms with Gasteiger partial charge in [-0.1, -0.05) is 13.0 Å². The monoisotopic (exact) mass is 375 g/mol. The number of halogens is 1. The van der Waals surface area contributed by atoms with E-state index in [1.165, 1.54) is 12.3 Å². The van der Waals surface area contributed by atoms with Crippen molar-refractivity contribution in [3.8, 4) is 11.5 Å². The smallest absolute Gasteiger partial charge is 0.263 e. The summed E-state index contributed by atoms with van der Waals surface area (Å²) in [5.41, 5.74) is 0.911. The molecule has 146 valence electrons. The number of pyridine rings is 1. The Kier molecular flexibility index (Phi) is 7.55. The number of nitrogens with zero attached hydrogens (tertiary/aromatic N) is 2. The second-order valence-electron chi connectivity index (χ2n) is 6.17. The molecule has 6 nitrogen and oxygen atoms in total. The van der Waals surface area contributed by atoms with Crippen LogP contribution in [-0.2, 0) is 6.42 Å². The minimum Gasteiger partial charge on any atom is -0.493 e. The fraction of sp³-hybridized carbons (Fsp3) is 0.400. The van der Waals surface area contributed by atoms with E-state index in [1.807, 2.05) is 32.8 Å². The van der Waals surface area contributed by atoms with Crippen LogP contribution in [0.1, 0.15) is 29.9 Å². The van der Waals surface area contributed by atoms with Gasteiger partial charge in [0.2, 0.25) is 0 Å². The normalized spacial score (nSPS) is 10.7. The third kappa shape index (κ3) is 5.65. The van der Waals surface area contributed by atoms with Crippen LogP contribution in [0.4, 0.5) is 10.1 Å². The molecule has 27 heavy (non-hydrogen) atoms. The van der Waals surface area contributed by atoms with Gasteiger partial charge in [0.15, 0.2) is 0 Å². The molecule has 0 atom stereocenters. The second-order valence-corrected chi connectivity index (χ2v) is 6.17. The lowest BCUT2D eigenvalue weighted by atomic mass is 10.1. The molecular weight excluding hydrogens is 349 g/mol. The predicted octanol–water partition coefficient (Wildman–Crippen LogP) is 3.37. The number of benzene rings is 1. The molecule has 0 spiro atoms. The van der Waals surface area contributed by atoms with Gasteiger partial charge in [0.25, 0.3) is 5.91 Å². The average Bonchev–Trinajstić information content (AvgIpc) is 2.62. The van der Waals surface area contributed by atoms with E-state index in [2.05, 4.69) is 10.3 Å². The molecule has 1 aromatic heterocycles. The van der Waals surface area contributed by atoms with Gasteiger partial charge < -0.3 is 19.7 Å². The number of rotatable bonds is 9. The van der Waals surface area contributed by atoms with E-state index in [1.54, 1.807) is 18.2 Å². The van der Waals surface area contributed by atoms with Crippen LogP contribution < -0.4 is 14.8 Å². The van der Waals surface area contributed by atoms with Gasteiger partial charge in [0.05, 0.1) is 24.2 Å². The maximum atomic E-state index is 14.0. The Labute approximate surface area is 159 Å². The van der Waals surface area contributed by atoms with Gasteiger partial charge in [-0.3, -0.25) is 9.78 Å². The molecule has 2 aromatic rings. The Bertz CT molecular complexity index is 781. The number of likely N-dealkylation sites (N-methyl/N-ethyl adjacent to an activating group) is 1. The standard InChI is InChI=1S/C20H26FN3O3/c1-5-16-15(21)12-14(13-22-16)23-20(25)19-17(26-6-2)8-7-9-18(19)27-11-10-24(3)4/h7-9,12-13H,5-6,10-11H2,1-4H3,(H,23,25). The van der Waals surface area contributed by atoms with Crippen LogP contribution in [0.15, 0.2) is 30.5 Å². The molecule has 1 aromatic carbocycles. The summed E-state index contributed by atoms with van der Waals surface area (Å²) in [6.45, 7) is 5.18. The Morgan fingerprint density at radius 2 is 1.93 bits per heavy atom. The summed E-state index contributed by atoms with van der Waals surface area (Å²) in [4.78, 5) is 18.9. The van der Waals surface area contributed by atoms with E-state index < -0.39 is 11.7 Å². The number of anilines is 1. The Hall–Kier alpha value is -2.67. The van der Waals surface area contributed by atoms with Gasteiger partial charge in [-0.05, 0) is 39.6 Å². The highest BCUT2D eigenvalue weighted by molar-refractivity contribution is 6.08. The van der Waals surface area contributed by atoms with Crippen LogP contribution in [0.2, 0.25) is 0 Å². The number of aromatic nitrogens is 1. The predicted molar refractivity (Wildman–Crippen MR) is 103 cm³/mol. The summed E-state index contributed by atoms with van der Waals surface area (Å²) in [6, 6.07) is 6.45. The number of hydrogen-bond donors (Lipinski definition) is 1. The second kappa shape index (κ2) is 9.87. The molecule has 0 aliphatic carbocycles. The molecule has 2 rings (SSSR count). The third-order valence-electron chi connectivity index (χ3n) is 3.82. The lowest BCUT2D eigenvalue weighted by Gasteiger charge is -2.17. The molecule has 0 bridgehead atoms. The quantitative estimate of drug-likeness (QED) is 0.728. The van der Waals surface area contributed by atoms with Crippen molar-refractivity contribution in [3.05, 3.63) is 47.5 Å². The van der Waals surface area contributed by atoms with E-state index in [-0.39, 0.29) is 11.3 Å². The molecule has 0 unspecified atom stereocenters. The number of ether oxygens (including phenoxy) is 2. The molecule has 1 amide bonds. The first-order valence-corrected chi connectivity index (χ1v) is 8.95. The van der Waals surface area contributed by atoms with E-state index in [9.17, 15) is 9.18 Å². The lowest BCUT2D eigenvalue weighted by Crippen LogP contribution is -2.21. The van der Waals surface area contributed by atoms with E-state index in [4.69, 9.17) is 9.47 Å². The van der Waals surface area contributed by atoms with Crippen LogP contribution in [0.5, 0.6) is 11.5 Å². The highest BCUT2D eigenvalue weighted by Crippen LogP contribution is 2.30. The van der Waals surface area contributed by atoms with Crippen LogP contribution >= 0.6 is 0 Å². The van der Waals surface area contributed by atoms with Crippen molar-refractivity contribution in [2.75, 3.05) is 39.2 Å². The lowest BCUT2D eigenvalue weighted by molar-refractivity contribution is 0.101. The summed E-state index contributed by atoms with van der Waals surface area (Å²) in [6.07, 6.45) is 1.92. The minimum absolute atomic E-state index is 0.276. The van der Waals surface area contributed by atoms with Crippen molar-refractivity contribution in [2.45, 2.75) is 20.3 Å². The molecular formula is C20H26FN3O3. The average molecular weight is 375 g/mol. The Morgan fingerprint density at radius 3 is 2.52 bits per heavy atom. The molecule has 0 aliphatic rings. The molecule has 7 heteroatoms. The van der Waals surface area contributed by atoms with Gasteiger partial charge in [0.1, 0.15) is 29.5 Å². The fourth-order valence-electron chi connectivity index (χ4n) is 2.46. The number of hydrogen-bond acceptors (Lipinski definition) is 5. The van der Waals surface area contributed by atoms with Gasteiger partial charge in [-0.2, -0.15) is 0 Å². The number of carbonyl (C=O) groups excluding carboxylic acids is 1. The summed E-state index contributed by atoms with van der Waals surface area (Å²) in [5, 5.41) is 2.68. The molecule has 0 aliphatic heterocycles. The van der Waals surface area contributed by atoms with Crippen molar-refractivity contribution in [1.29, 1.82) is 0 Å². The number of aryl methyl sites for hydroxylation is 1. The van der Waals surface area contributed by atoms with E-state index in [0.29, 0.717) is 43.4 Å². The minimum atomic E-state index is -0.448. The summed E-state index contributed by atoms with van der Waals surface area (Å²) in [7, 11) is 3.88. The zero-order valence-corrected chi connectivity index (χ0v) is 16.2. The zero-order chi connectivity index (χ0) is 19.8. The number of carbonyl (C=O) groups is 1.